The van der Waals surface area contributed by atoms with Crippen LogP contribution in [0, 0.1) is 5.41 Å². The number of aliphatic imine (C=N–C) groups is 1. The molecular weight excluding hydrogens is 264 g/mol. The molecule has 1 heterocycles. The normalized spacial score (nSPS) is 15.2. The van der Waals surface area contributed by atoms with Crippen LogP contribution in [-0.2, 0) is 0 Å². The minimum atomic E-state index is -0.0812. The first-order chi connectivity index (χ1) is 9.06. The van der Waals surface area contributed by atoms with Gasteiger partial charge < -0.3 is 21.3 Å². The molecule has 1 aromatic carbocycles. The lowest BCUT2D eigenvalue weighted by Gasteiger charge is -2.36. The summed E-state index contributed by atoms with van der Waals surface area (Å²) in [6, 6.07) is 7.77. The first kappa shape index (κ1) is 13.5. The third-order valence-electron chi connectivity index (χ3n) is 2.99. The van der Waals surface area contributed by atoms with Gasteiger partial charge >= 0.3 is 0 Å². The van der Waals surface area contributed by atoms with E-state index in [0.29, 0.717) is 13.1 Å². The Hall–Kier alpha value is -1.95. The summed E-state index contributed by atoms with van der Waals surface area (Å²) in [5.74, 6) is 0.0352. The number of hydrogen-bond donors (Lipinski definition) is 3. The Morgan fingerprint density at radius 3 is 2.47 bits per heavy atom. The quantitative estimate of drug-likeness (QED) is 0.520. The number of nitrogens with one attached hydrogen (secondary N) is 1. The predicted molar refractivity (Wildman–Crippen MR) is 78.8 cm³/mol. The van der Waals surface area contributed by atoms with Gasteiger partial charge in [0.15, 0.2) is 5.96 Å². The summed E-state index contributed by atoms with van der Waals surface area (Å²) < 4.78 is 0. The molecule has 5 N–H and O–H groups in total. The van der Waals surface area contributed by atoms with Crippen LogP contribution in [0.1, 0.15) is 0 Å². The molecule has 2 rings (SSSR count). The number of nitrogens with zero attached hydrogens (tertiary/aromatic N) is 3. The summed E-state index contributed by atoms with van der Waals surface area (Å²) in [6.07, 6.45) is 0. The first-order valence-corrected chi connectivity index (χ1v) is 6.38. The number of benzene rings is 1. The van der Waals surface area contributed by atoms with Crippen molar-refractivity contribution in [2.75, 3.05) is 31.1 Å². The highest BCUT2D eigenvalue weighted by Crippen LogP contribution is 2.20. The van der Waals surface area contributed by atoms with Crippen LogP contribution in [0.15, 0.2) is 29.3 Å². The Labute approximate surface area is 117 Å². The van der Waals surface area contributed by atoms with Crippen LogP contribution in [0.25, 0.3) is 0 Å². The maximum absolute atomic E-state index is 7.76. The van der Waals surface area contributed by atoms with Crippen LogP contribution in [0.3, 0.4) is 0 Å². The van der Waals surface area contributed by atoms with Gasteiger partial charge in [0.05, 0.1) is 0 Å². The minimum absolute atomic E-state index is 0.0812. The van der Waals surface area contributed by atoms with Gasteiger partial charge in [-0.1, -0.05) is 17.7 Å². The van der Waals surface area contributed by atoms with E-state index in [4.69, 9.17) is 28.5 Å². The highest BCUT2D eigenvalue weighted by Gasteiger charge is 2.19. The number of nitrogens with two attached hydrogens (primary N) is 2. The Morgan fingerprint density at radius 1 is 1.21 bits per heavy atom. The largest absolute Gasteiger partial charge is 0.370 e. The minimum Gasteiger partial charge on any atom is -0.370 e. The molecule has 0 unspecified atom stereocenters. The van der Waals surface area contributed by atoms with Crippen LogP contribution >= 0.6 is 11.6 Å². The monoisotopic (exact) mass is 280 g/mol. The number of halogens is 1. The number of hydrogen-bond acceptors (Lipinski definition) is 2. The molecule has 0 spiro atoms. The van der Waals surface area contributed by atoms with Gasteiger partial charge in [-0.2, -0.15) is 4.99 Å². The SMILES string of the molecule is N=C(N=C(N)N)N1CCN(c2cccc(Cl)c2)CC1. The fourth-order valence-electron chi connectivity index (χ4n) is 2.04. The zero-order valence-electron chi connectivity index (χ0n) is 10.5. The molecule has 7 heteroatoms. The Kier molecular flexibility index (Phi) is 4.11. The maximum Gasteiger partial charge on any atom is 0.221 e. The lowest BCUT2D eigenvalue weighted by atomic mass is 10.2. The molecular formula is C12H17ClN6. The van der Waals surface area contributed by atoms with Gasteiger partial charge in [-0.3, -0.25) is 5.41 Å². The molecule has 0 radical (unpaired) electrons. The van der Waals surface area contributed by atoms with Gasteiger partial charge in [0.1, 0.15) is 0 Å². The van der Waals surface area contributed by atoms with E-state index < -0.39 is 0 Å². The average Bonchev–Trinajstić information content (AvgIpc) is 2.38. The summed E-state index contributed by atoms with van der Waals surface area (Å²) in [7, 11) is 0. The van der Waals surface area contributed by atoms with E-state index >= 15 is 0 Å². The third kappa shape index (κ3) is 3.51. The Bertz CT molecular complexity index is 489. The van der Waals surface area contributed by atoms with Gasteiger partial charge in [-0.05, 0) is 18.2 Å². The molecule has 1 aliphatic rings. The molecule has 1 saturated heterocycles. The fraction of sp³-hybridized carbons (Fsp3) is 0.333. The van der Waals surface area contributed by atoms with E-state index in [2.05, 4.69) is 9.89 Å². The van der Waals surface area contributed by atoms with Crippen molar-refractivity contribution in [1.82, 2.24) is 4.90 Å². The smallest absolute Gasteiger partial charge is 0.221 e. The van der Waals surface area contributed by atoms with Crippen molar-refractivity contribution in [2.24, 2.45) is 16.5 Å². The van der Waals surface area contributed by atoms with Gasteiger partial charge in [0.2, 0.25) is 5.96 Å². The van der Waals surface area contributed by atoms with Crippen LogP contribution in [0.4, 0.5) is 5.69 Å². The molecule has 1 aromatic rings. The molecule has 6 nitrogen and oxygen atoms in total. The standard InChI is InChI=1S/C12H17ClN6/c13-9-2-1-3-10(8-9)18-4-6-19(7-5-18)12(16)17-11(14)15/h1-3,8H,4-7H2,(H5,14,15,16,17). The van der Waals surface area contributed by atoms with Crippen molar-refractivity contribution in [3.8, 4) is 0 Å². The van der Waals surface area contributed by atoms with Crippen LogP contribution in [0.2, 0.25) is 5.02 Å². The van der Waals surface area contributed by atoms with Crippen molar-refractivity contribution < 1.29 is 0 Å². The van der Waals surface area contributed by atoms with Crippen molar-refractivity contribution in [1.29, 1.82) is 5.41 Å². The molecule has 0 amide bonds. The van der Waals surface area contributed by atoms with E-state index in [0.717, 1.165) is 23.8 Å². The van der Waals surface area contributed by atoms with E-state index in [1.165, 1.54) is 0 Å². The lowest BCUT2D eigenvalue weighted by Crippen LogP contribution is -2.48. The van der Waals surface area contributed by atoms with Gasteiger partial charge in [-0.25, -0.2) is 0 Å². The van der Waals surface area contributed by atoms with Crippen LogP contribution in [0.5, 0.6) is 0 Å². The number of anilines is 1. The predicted octanol–water partition coefficient (Wildman–Crippen LogP) is 0.670. The first-order valence-electron chi connectivity index (χ1n) is 6.00. The van der Waals surface area contributed by atoms with Crippen molar-refractivity contribution in [3.63, 3.8) is 0 Å². The molecule has 102 valence electrons. The second-order valence-corrected chi connectivity index (χ2v) is 4.75. The number of guanidine groups is 2. The highest BCUT2D eigenvalue weighted by atomic mass is 35.5. The summed E-state index contributed by atoms with van der Waals surface area (Å²) in [5, 5.41) is 8.49. The second kappa shape index (κ2) is 5.79. The zero-order chi connectivity index (χ0) is 13.8. The molecule has 1 aliphatic heterocycles. The van der Waals surface area contributed by atoms with Crippen molar-refractivity contribution in [2.45, 2.75) is 0 Å². The summed E-state index contributed by atoms with van der Waals surface area (Å²) in [5.41, 5.74) is 11.6. The van der Waals surface area contributed by atoms with E-state index in [1.54, 1.807) is 0 Å². The summed E-state index contributed by atoms with van der Waals surface area (Å²) in [6.45, 7) is 3.04. The van der Waals surface area contributed by atoms with Crippen LogP contribution in [-0.4, -0.2) is 43.0 Å². The maximum atomic E-state index is 7.76. The molecule has 0 bridgehead atoms. The molecule has 0 atom stereocenters. The average molecular weight is 281 g/mol. The van der Waals surface area contributed by atoms with Crippen molar-refractivity contribution >= 4 is 29.2 Å². The topological polar surface area (TPSA) is 94.7 Å². The summed E-state index contributed by atoms with van der Waals surface area (Å²) >= 11 is 5.98. The fourth-order valence-corrected chi connectivity index (χ4v) is 2.23. The van der Waals surface area contributed by atoms with E-state index in [-0.39, 0.29) is 11.9 Å². The van der Waals surface area contributed by atoms with E-state index in [1.807, 2.05) is 29.2 Å². The van der Waals surface area contributed by atoms with Crippen LogP contribution < -0.4 is 16.4 Å². The molecule has 0 aliphatic carbocycles. The third-order valence-corrected chi connectivity index (χ3v) is 3.22. The van der Waals surface area contributed by atoms with Gasteiger partial charge in [0, 0.05) is 36.9 Å². The van der Waals surface area contributed by atoms with Gasteiger partial charge in [-0.15, -0.1) is 0 Å². The Balaban J connectivity index is 1.96. The highest BCUT2D eigenvalue weighted by molar-refractivity contribution is 6.30. The molecule has 0 saturated carbocycles. The molecule has 0 aromatic heterocycles. The Morgan fingerprint density at radius 2 is 1.89 bits per heavy atom. The second-order valence-electron chi connectivity index (χ2n) is 4.31. The lowest BCUT2D eigenvalue weighted by molar-refractivity contribution is 0.380. The number of rotatable bonds is 1. The van der Waals surface area contributed by atoms with E-state index in [9.17, 15) is 0 Å². The zero-order valence-corrected chi connectivity index (χ0v) is 11.3. The molecule has 1 fully saturated rings. The summed E-state index contributed by atoms with van der Waals surface area (Å²) in [4.78, 5) is 7.83. The molecule has 19 heavy (non-hydrogen) atoms. The number of piperazine rings is 1. The van der Waals surface area contributed by atoms with Gasteiger partial charge in [0.25, 0.3) is 0 Å². The van der Waals surface area contributed by atoms with Crippen molar-refractivity contribution in [3.05, 3.63) is 29.3 Å².